The number of hydrogen-bond donors (Lipinski definition) is 1. The molecule has 1 aromatic carbocycles. The minimum absolute atomic E-state index is 0.131. The first-order valence-corrected chi connectivity index (χ1v) is 6.02. The Hall–Kier alpha value is -0.380. The zero-order chi connectivity index (χ0) is 10.9. The predicted molar refractivity (Wildman–Crippen MR) is 64.6 cm³/mol. The van der Waals surface area contributed by atoms with Gasteiger partial charge < -0.3 is 10.5 Å². The van der Waals surface area contributed by atoms with E-state index in [2.05, 4.69) is 28.1 Å². The first kappa shape index (κ1) is 11.1. The molecule has 1 aromatic rings. The summed E-state index contributed by atoms with van der Waals surface area (Å²) >= 11 is 3.59. The third kappa shape index (κ3) is 1.96. The van der Waals surface area contributed by atoms with Gasteiger partial charge in [-0.1, -0.05) is 28.1 Å². The average Bonchev–Trinajstić information content (AvgIpc) is 2.15. The zero-order valence-electron chi connectivity index (χ0n) is 8.92. The van der Waals surface area contributed by atoms with Crippen LogP contribution in [0.15, 0.2) is 22.7 Å². The van der Waals surface area contributed by atoms with Gasteiger partial charge in [-0.2, -0.15) is 0 Å². The van der Waals surface area contributed by atoms with Crippen LogP contribution in [0.2, 0.25) is 0 Å². The van der Waals surface area contributed by atoms with Crippen LogP contribution < -0.4 is 5.73 Å². The largest absolute Gasteiger partial charge is 0.380 e. The second kappa shape index (κ2) is 4.24. The van der Waals surface area contributed by atoms with Crippen LogP contribution in [0.25, 0.3) is 0 Å². The lowest BCUT2D eigenvalue weighted by Crippen LogP contribution is -2.44. The van der Waals surface area contributed by atoms with Gasteiger partial charge in [0.25, 0.3) is 0 Å². The molecule has 1 aliphatic rings. The van der Waals surface area contributed by atoms with Crippen molar-refractivity contribution in [2.45, 2.75) is 31.4 Å². The van der Waals surface area contributed by atoms with Gasteiger partial charge >= 0.3 is 0 Å². The Bertz CT molecular complexity index is 361. The first-order chi connectivity index (χ1) is 7.17. The Labute approximate surface area is 98.9 Å². The van der Waals surface area contributed by atoms with Crippen molar-refractivity contribution in [3.05, 3.63) is 33.8 Å². The van der Waals surface area contributed by atoms with Crippen LogP contribution in [0.5, 0.6) is 0 Å². The average molecular weight is 270 g/mol. The molecular weight excluding hydrogens is 254 g/mol. The van der Waals surface area contributed by atoms with E-state index in [9.17, 15) is 0 Å². The van der Waals surface area contributed by atoms with Crippen LogP contribution in [-0.2, 0) is 16.9 Å². The third-order valence-electron chi connectivity index (χ3n) is 3.14. The maximum absolute atomic E-state index is 6.37. The van der Waals surface area contributed by atoms with Crippen LogP contribution in [0.3, 0.4) is 0 Å². The molecule has 2 rings (SSSR count). The fraction of sp³-hybridized carbons (Fsp3) is 0.500. The summed E-state index contributed by atoms with van der Waals surface area (Å²) in [7, 11) is 1.72. The molecule has 0 radical (unpaired) electrons. The summed E-state index contributed by atoms with van der Waals surface area (Å²) in [5.74, 6) is 0. The summed E-state index contributed by atoms with van der Waals surface area (Å²) in [4.78, 5) is 0. The van der Waals surface area contributed by atoms with Crippen LogP contribution in [-0.4, -0.2) is 7.11 Å². The van der Waals surface area contributed by atoms with Crippen molar-refractivity contribution < 1.29 is 4.74 Å². The van der Waals surface area contributed by atoms with Gasteiger partial charge in [-0.3, -0.25) is 0 Å². The van der Waals surface area contributed by atoms with Gasteiger partial charge in [0.15, 0.2) is 0 Å². The Morgan fingerprint density at radius 3 is 2.73 bits per heavy atom. The van der Waals surface area contributed by atoms with E-state index in [1.54, 1.807) is 7.11 Å². The molecule has 0 heterocycles. The van der Waals surface area contributed by atoms with Crippen molar-refractivity contribution in [3.8, 4) is 0 Å². The molecule has 15 heavy (non-hydrogen) atoms. The van der Waals surface area contributed by atoms with Gasteiger partial charge in [0, 0.05) is 17.1 Å². The van der Waals surface area contributed by atoms with Crippen molar-refractivity contribution in [1.29, 1.82) is 0 Å². The molecule has 0 aliphatic heterocycles. The normalized spacial score (nSPS) is 18.6. The topological polar surface area (TPSA) is 35.2 Å². The van der Waals surface area contributed by atoms with Crippen LogP contribution >= 0.6 is 15.9 Å². The molecule has 0 amide bonds. The van der Waals surface area contributed by atoms with E-state index < -0.39 is 0 Å². The Morgan fingerprint density at radius 2 is 2.20 bits per heavy atom. The molecule has 0 unspecified atom stereocenters. The van der Waals surface area contributed by atoms with Gasteiger partial charge in [0.05, 0.1) is 6.61 Å². The van der Waals surface area contributed by atoms with Gasteiger partial charge in [-0.15, -0.1) is 0 Å². The van der Waals surface area contributed by atoms with E-state index in [4.69, 9.17) is 10.5 Å². The van der Waals surface area contributed by atoms with E-state index in [0.717, 1.165) is 17.3 Å². The summed E-state index contributed by atoms with van der Waals surface area (Å²) in [6, 6.07) is 6.18. The number of hydrogen-bond acceptors (Lipinski definition) is 2. The van der Waals surface area contributed by atoms with Crippen LogP contribution in [0.1, 0.15) is 30.4 Å². The smallest absolute Gasteiger partial charge is 0.0716 e. The highest BCUT2D eigenvalue weighted by Crippen LogP contribution is 2.43. The van der Waals surface area contributed by atoms with Crippen molar-refractivity contribution in [3.63, 3.8) is 0 Å². The lowest BCUT2D eigenvalue weighted by Gasteiger charge is -2.40. The molecule has 1 saturated carbocycles. The molecule has 0 bridgehead atoms. The molecule has 0 saturated heterocycles. The number of nitrogens with two attached hydrogens (primary N) is 1. The SMILES string of the molecule is COCc1cccc(Br)c1C1(N)CCC1. The Morgan fingerprint density at radius 1 is 1.47 bits per heavy atom. The Balaban J connectivity index is 2.42. The zero-order valence-corrected chi connectivity index (χ0v) is 10.5. The molecule has 0 aromatic heterocycles. The van der Waals surface area contributed by atoms with E-state index >= 15 is 0 Å². The van der Waals surface area contributed by atoms with Crippen molar-refractivity contribution >= 4 is 15.9 Å². The predicted octanol–water partition coefficient (Wildman–Crippen LogP) is 2.93. The van der Waals surface area contributed by atoms with E-state index in [1.807, 2.05) is 6.07 Å². The Kier molecular flexibility index (Phi) is 3.14. The fourth-order valence-corrected chi connectivity index (χ4v) is 3.01. The maximum atomic E-state index is 6.37. The van der Waals surface area contributed by atoms with E-state index in [1.165, 1.54) is 17.5 Å². The van der Waals surface area contributed by atoms with Crippen molar-refractivity contribution in [2.24, 2.45) is 5.73 Å². The van der Waals surface area contributed by atoms with Gasteiger partial charge in [0.1, 0.15) is 0 Å². The molecule has 2 N–H and O–H groups in total. The summed E-state index contributed by atoms with van der Waals surface area (Å²) < 4.78 is 6.32. The van der Waals surface area contributed by atoms with Crippen molar-refractivity contribution in [1.82, 2.24) is 0 Å². The van der Waals surface area contributed by atoms with E-state index in [-0.39, 0.29) is 5.54 Å². The number of halogens is 1. The standard InChI is InChI=1S/C12H16BrNO/c1-15-8-9-4-2-5-10(13)11(9)12(14)6-3-7-12/h2,4-5H,3,6-8,14H2,1H3. The summed E-state index contributed by atoms with van der Waals surface area (Å²) in [6.07, 6.45) is 3.38. The number of ether oxygens (including phenoxy) is 1. The highest BCUT2D eigenvalue weighted by atomic mass is 79.9. The van der Waals surface area contributed by atoms with Gasteiger partial charge in [-0.25, -0.2) is 0 Å². The lowest BCUT2D eigenvalue weighted by molar-refractivity contribution is 0.177. The second-order valence-electron chi connectivity index (χ2n) is 4.22. The van der Waals surface area contributed by atoms with Gasteiger partial charge in [-0.05, 0) is 36.5 Å². The summed E-state index contributed by atoms with van der Waals surface area (Å²) in [6.45, 7) is 0.633. The minimum Gasteiger partial charge on any atom is -0.380 e. The number of rotatable bonds is 3. The molecule has 0 atom stereocenters. The number of benzene rings is 1. The van der Waals surface area contributed by atoms with Crippen LogP contribution in [0.4, 0.5) is 0 Å². The summed E-state index contributed by atoms with van der Waals surface area (Å²) in [5.41, 5.74) is 8.68. The number of methoxy groups -OCH3 is 1. The van der Waals surface area contributed by atoms with Crippen molar-refractivity contribution in [2.75, 3.05) is 7.11 Å². The van der Waals surface area contributed by atoms with Crippen LogP contribution in [0, 0.1) is 0 Å². The molecule has 1 fully saturated rings. The molecule has 3 heteroatoms. The lowest BCUT2D eigenvalue weighted by atomic mass is 9.71. The molecule has 82 valence electrons. The first-order valence-electron chi connectivity index (χ1n) is 5.23. The maximum Gasteiger partial charge on any atom is 0.0716 e. The molecule has 2 nitrogen and oxygen atoms in total. The second-order valence-corrected chi connectivity index (χ2v) is 5.07. The fourth-order valence-electron chi connectivity index (χ4n) is 2.21. The quantitative estimate of drug-likeness (QED) is 0.916. The summed E-state index contributed by atoms with van der Waals surface area (Å²) in [5, 5.41) is 0. The highest BCUT2D eigenvalue weighted by Gasteiger charge is 2.37. The molecule has 1 aliphatic carbocycles. The highest BCUT2D eigenvalue weighted by molar-refractivity contribution is 9.10. The minimum atomic E-state index is -0.131. The third-order valence-corrected chi connectivity index (χ3v) is 3.80. The molecular formula is C12H16BrNO. The monoisotopic (exact) mass is 269 g/mol. The van der Waals surface area contributed by atoms with E-state index in [0.29, 0.717) is 6.61 Å². The molecule has 0 spiro atoms. The van der Waals surface area contributed by atoms with Gasteiger partial charge in [0.2, 0.25) is 0 Å².